The summed E-state index contributed by atoms with van der Waals surface area (Å²) in [5.41, 5.74) is 1.77. The number of halogens is 1. The Balaban J connectivity index is 2.25. The molecule has 0 bridgehead atoms. The zero-order chi connectivity index (χ0) is 13.0. The molecule has 1 fully saturated rings. The predicted molar refractivity (Wildman–Crippen MR) is 73.3 cm³/mol. The van der Waals surface area contributed by atoms with Crippen molar-refractivity contribution in [1.29, 1.82) is 0 Å². The van der Waals surface area contributed by atoms with Crippen LogP contribution in [0.25, 0.3) is 0 Å². The second-order valence-corrected chi connectivity index (χ2v) is 4.87. The van der Waals surface area contributed by atoms with E-state index in [0.29, 0.717) is 5.56 Å². The molecule has 0 unspecified atom stereocenters. The molecule has 4 nitrogen and oxygen atoms in total. The highest BCUT2D eigenvalue weighted by molar-refractivity contribution is 6.17. The maximum Gasteiger partial charge on any atom is 0.273 e. The summed E-state index contributed by atoms with van der Waals surface area (Å²) in [7, 11) is 0. The molecule has 98 valence electrons. The Bertz CT molecular complexity index is 429. The van der Waals surface area contributed by atoms with Crippen molar-refractivity contribution < 1.29 is 4.92 Å². The average Bonchev–Trinajstić information content (AvgIpc) is 2.66. The van der Waals surface area contributed by atoms with Gasteiger partial charge in [-0.3, -0.25) is 10.1 Å². The van der Waals surface area contributed by atoms with Crippen molar-refractivity contribution in [3.63, 3.8) is 0 Å². The van der Waals surface area contributed by atoms with Crippen LogP contribution in [-0.4, -0.2) is 18.0 Å². The Hall–Kier alpha value is -1.29. The topological polar surface area (TPSA) is 46.4 Å². The zero-order valence-corrected chi connectivity index (χ0v) is 11.0. The molecule has 0 amide bonds. The Morgan fingerprint density at radius 1 is 1.22 bits per heavy atom. The lowest BCUT2D eigenvalue weighted by Gasteiger charge is -2.23. The smallest absolute Gasteiger partial charge is 0.273 e. The first kappa shape index (κ1) is 13.1. The molecular formula is C13H17ClN2O2. The van der Waals surface area contributed by atoms with E-state index in [4.69, 9.17) is 11.6 Å². The van der Waals surface area contributed by atoms with E-state index in [1.165, 1.54) is 25.7 Å². The van der Waals surface area contributed by atoms with Crippen LogP contribution in [-0.2, 0) is 5.88 Å². The van der Waals surface area contributed by atoms with Crippen molar-refractivity contribution in [1.82, 2.24) is 0 Å². The Kier molecular flexibility index (Phi) is 4.42. The summed E-state index contributed by atoms with van der Waals surface area (Å²) >= 11 is 5.80. The van der Waals surface area contributed by atoms with Gasteiger partial charge >= 0.3 is 0 Å². The minimum Gasteiger partial charge on any atom is -0.372 e. The molecule has 0 atom stereocenters. The lowest BCUT2D eigenvalue weighted by Crippen LogP contribution is -2.23. The van der Waals surface area contributed by atoms with E-state index >= 15 is 0 Å². The van der Waals surface area contributed by atoms with Gasteiger partial charge in [0.25, 0.3) is 5.69 Å². The van der Waals surface area contributed by atoms with Crippen LogP contribution < -0.4 is 4.90 Å². The third kappa shape index (κ3) is 2.93. The van der Waals surface area contributed by atoms with E-state index in [-0.39, 0.29) is 16.5 Å². The normalized spacial score (nSPS) is 16.4. The van der Waals surface area contributed by atoms with Gasteiger partial charge in [0, 0.05) is 30.4 Å². The maximum atomic E-state index is 10.9. The van der Waals surface area contributed by atoms with Gasteiger partial charge in [0.05, 0.1) is 10.8 Å². The number of hydrogen-bond acceptors (Lipinski definition) is 3. The van der Waals surface area contributed by atoms with Crippen LogP contribution in [0.4, 0.5) is 11.4 Å². The van der Waals surface area contributed by atoms with Gasteiger partial charge in [-0.15, -0.1) is 11.6 Å². The van der Waals surface area contributed by atoms with E-state index in [2.05, 4.69) is 4.90 Å². The van der Waals surface area contributed by atoms with Crippen LogP contribution in [0.3, 0.4) is 0 Å². The maximum absolute atomic E-state index is 10.9. The zero-order valence-electron chi connectivity index (χ0n) is 10.3. The number of hydrogen-bond donors (Lipinski definition) is 0. The minimum absolute atomic E-state index is 0.114. The van der Waals surface area contributed by atoms with Crippen molar-refractivity contribution in [3.05, 3.63) is 33.9 Å². The fraction of sp³-hybridized carbons (Fsp3) is 0.538. The quantitative estimate of drug-likeness (QED) is 0.477. The van der Waals surface area contributed by atoms with E-state index in [1.807, 2.05) is 12.1 Å². The van der Waals surface area contributed by atoms with Gasteiger partial charge in [0.2, 0.25) is 0 Å². The first-order valence-corrected chi connectivity index (χ1v) is 6.84. The van der Waals surface area contributed by atoms with Crippen LogP contribution in [0.15, 0.2) is 18.2 Å². The molecule has 1 aromatic rings. The molecule has 0 spiro atoms. The number of rotatable bonds is 3. The largest absolute Gasteiger partial charge is 0.372 e. The third-order valence-corrected chi connectivity index (χ3v) is 3.66. The van der Waals surface area contributed by atoms with E-state index in [1.54, 1.807) is 6.07 Å². The lowest BCUT2D eigenvalue weighted by atomic mass is 10.1. The molecular weight excluding hydrogens is 252 g/mol. The Morgan fingerprint density at radius 2 is 1.89 bits per heavy atom. The summed E-state index contributed by atoms with van der Waals surface area (Å²) in [5, 5.41) is 10.9. The van der Waals surface area contributed by atoms with Crippen molar-refractivity contribution >= 4 is 23.0 Å². The second kappa shape index (κ2) is 6.05. The molecule has 1 saturated heterocycles. The van der Waals surface area contributed by atoms with E-state index in [0.717, 1.165) is 18.8 Å². The molecule has 1 aliphatic rings. The number of anilines is 1. The van der Waals surface area contributed by atoms with Crippen LogP contribution in [0.2, 0.25) is 0 Å². The Labute approximate surface area is 112 Å². The summed E-state index contributed by atoms with van der Waals surface area (Å²) < 4.78 is 0. The number of alkyl halides is 1. The fourth-order valence-corrected chi connectivity index (χ4v) is 2.60. The highest BCUT2D eigenvalue weighted by atomic mass is 35.5. The molecule has 0 aliphatic carbocycles. The number of nitro groups is 1. The average molecular weight is 269 g/mol. The summed E-state index contributed by atoms with van der Waals surface area (Å²) in [6.45, 7) is 2.05. The standard InChI is InChI=1S/C13H17ClN2O2/c14-10-11-9-12(5-6-13(11)16(17)18)15-7-3-1-2-4-8-15/h5-6,9H,1-4,7-8,10H2. The molecule has 0 saturated carbocycles. The second-order valence-electron chi connectivity index (χ2n) is 4.61. The third-order valence-electron chi connectivity index (χ3n) is 3.37. The highest BCUT2D eigenvalue weighted by Crippen LogP contribution is 2.27. The molecule has 0 radical (unpaired) electrons. The van der Waals surface area contributed by atoms with Crippen molar-refractivity contribution in [2.24, 2.45) is 0 Å². The van der Waals surface area contributed by atoms with E-state index in [9.17, 15) is 10.1 Å². The molecule has 1 heterocycles. The van der Waals surface area contributed by atoms with Crippen molar-refractivity contribution in [2.45, 2.75) is 31.6 Å². The van der Waals surface area contributed by atoms with Crippen molar-refractivity contribution in [2.75, 3.05) is 18.0 Å². The monoisotopic (exact) mass is 268 g/mol. The SMILES string of the molecule is O=[N+]([O-])c1ccc(N2CCCCCC2)cc1CCl. The van der Waals surface area contributed by atoms with Gasteiger partial charge in [0.1, 0.15) is 0 Å². The molecule has 0 aromatic heterocycles. The molecule has 2 rings (SSSR count). The Morgan fingerprint density at radius 3 is 2.44 bits per heavy atom. The fourth-order valence-electron chi connectivity index (χ4n) is 2.38. The molecule has 18 heavy (non-hydrogen) atoms. The number of benzene rings is 1. The number of nitrogens with zero attached hydrogens (tertiary/aromatic N) is 2. The molecule has 1 aliphatic heterocycles. The van der Waals surface area contributed by atoms with Gasteiger partial charge in [-0.05, 0) is 25.0 Å². The number of nitro benzene ring substituents is 1. The predicted octanol–water partition coefficient (Wildman–Crippen LogP) is 3.71. The first-order chi connectivity index (χ1) is 8.72. The molecule has 5 heteroatoms. The van der Waals surface area contributed by atoms with Crippen LogP contribution in [0.1, 0.15) is 31.2 Å². The van der Waals surface area contributed by atoms with Gasteiger partial charge < -0.3 is 4.90 Å². The van der Waals surface area contributed by atoms with Crippen molar-refractivity contribution in [3.8, 4) is 0 Å². The molecule has 0 N–H and O–H groups in total. The summed E-state index contributed by atoms with van der Waals surface area (Å²) in [6, 6.07) is 5.26. The van der Waals surface area contributed by atoms with Gasteiger partial charge in [-0.1, -0.05) is 12.8 Å². The van der Waals surface area contributed by atoms with Crippen LogP contribution >= 0.6 is 11.6 Å². The van der Waals surface area contributed by atoms with Crippen LogP contribution in [0, 0.1) is 10.1 Å². The first-order valence-electron chi connectivity index (χ1n) is 6.30. The van der Waals surface area contributed by atoms with Crippen LogP contribution in [0.5, 0.6) is 0 Å². The molecule has 1 aromatic carbocycles. The lowest BCUT2D eigenvalue weighted by molar-refractivity contribution is -0.385. The van der Waals surface area contributed by atoms with E-state index < -0.39 is 0 Å². The summed E-state index contributed by atoms with van der Waals surface area (Å²) in [6.07, 6.45) is 4.91. The highest BCUT2D eigenvalue weighted by Gasteiger charge is 2.16. The van der Waals surface area contributed by atoms with Gasteiger partial charge in [-0.25, -0.2) is 0 Å². The van der Waals surface area contributed by atoms with Gasteiger partial charge in [0.15, 0.2) is 0 Å². The van der Waals surface area contributed by atoms with Gasteiger partial charge in [-0.2, -0.15) is 0 Å². The minimum atomic E-state index is -0.371. The summed E-state index contributed by atoms with van der Waals surface area (Å²) in [4.78, 5) is 12.8. The summed E-state index contributed by atoms with van der Waals surface area (Å²) in [5.74, 6) is 0.179.